The van der Waals surface area contributed by atoms with E-state index in [0.29, 0.717) is 0 Å². The van der Waals surface area contributed by atoms with Crippen LogP contribution in [0.15, 0.2) is 352 Å². The minimum Gasteiger partial charge on any atom is -0.356 e. The van der Waals surface area contributed by atoms with Gasteiger partial charge in [-0.1, -0.05) is 255 Å². The van der Waals surface area contributed by atoms with Gasteiger partial charge in [0.2, 0.25) is 0 Å². The lowest BCUT2D eigenvalue weighted by molar-refractivity contribution is 1.27. The topological polar surface area (TPSA) is 30.5 Å². The molecule has 0 saturated carbocycles. The molecule has 2 N–H and O–H groups in total. The number of hydrogen-bond acceptors (Lipinski definition) is 4. The first-order chi connectivity index (χ1) is 44.7. The van der Waals surface area contributed by atoms with Gasteiger partial charge >= 0.3 is 0 Å². The number of nitrogens with zero attached hydrogens (tertiary/aromatic N) is 2. The first-order valence-electron chi connectivity index (χ1n) is 31.1. The van der Waals surface area contributed by atoms with Gasteiger partial charge in [0, 0.05) is 56.6 Å². The van der Waals surface area contributed by atoms with Crippen molar-refractivity contribution in [1.29, 1.82) is 2.56 Å². The molecule has 14 aromatic carbocycles. The molecule has 4 nitrogen and oxygen atoms in total. The summed E-state index contributed by atoms with van der Waals surface area (Å²) in [5.74, 6) is 0. The summed E-state index contributed by atoms with van der Waals surface area (Å²) >= 11 is 0. The molecule has 0 aliphatic carbocycles. The molecule has 0 aliphatic rings. The zero-order chi connectivity index (χ0) is 63.0. The van der Waals surface area contributed by atoms with E-state index in [4.69, 9.17) is 2.56 Å². The maximum Gasteiger partial charge on any atom is 0.0540 e. The second-order valence-corrected chi connectivity index (χ2v) is 21.9. The summed E-state index contributed by atoms with van der Waals surface area (Å²) in [5, 5.41) is 12.0. The Kier molecular flexibility index (Phi) is 21.5. The van der Waals surface area contributed by atoms with Crippen LogP contribution < -0.4 is 20.4 Å². The molecule has 90 heavy (non-hydrogen) atoms. The molecule has 0 spiro atoms. The van der Waals surface area contributed by atoms with Crippen molar-refractivity contribution in [2.45, 2.75) is 35.1 Å². The molecule has 0 amide bonds. The van der Waals surface area contributed by atoms with Crippen molar-refractivity contribution < 1.29 is 0 Å². The molecule has 0 heterocycles. The highest BCUT2D eigenvalue weighted by Gasteiger charge is 2.16. The third-order valence-electron chi connectivity index (χ3n) is 15.3. The van der Waals surface area contributed by atoms with Crippen molar-refractivity contribution in [2.75, 3.05) is 20.4 Å². The number of benzene rings is 14. The zero-order valence-corrected chi connectivity index (χ0v) is 51.9. The molecule has 0 saturated heterocycles. The second-order valence-electron chi connectivity index (χ2n) is 21.9. The van der Waals surface area contributed by atoms with Crippen LogP contribution in [0.25, 0.3) is 43.8 Å². The van der Waals surface area contributed by atoms with E-state index in [1.165, 1.54) is 71.7 Å². The van der Waals surface area contributed by atoms with Gasteiger partial charge < -0.3 is 20.4 Å². The molecule has 14 rings (SSSR count). The number of aryl methyl sites for hydroxylation is 4. The Morgan fingerprint density at radius 1 is 0.289 bits per heavy atom. The normalized spacial score (nSPS) is 10.6. The van der Waals surface area contributed by atoms with Gasteiger partial charge in [-0.05, 0) is 192 Å². The van der Waals surface area contributed by atoms with Crippen molar-refractivity contribution in [2.24, 2.45) is 0 Å². The lowest BCUT2D eigenvalue weighted by atomic mass is 10.0. The molecule has 5 heteroatoms. The summed E-state index contributed by atoms with van der Waals surface area (Å²) in [6.07, 6.45) is 0. The lowest BCUT2D eigenvalue weighted by Gasteiger charge is -2.27. The molecular weight excluding hydrogens is 1110 g/mol. The van der Waals surface area contributed by atoms with Gasteiger partial charge in [-0.25, -0.2) is 0 Å². The fourth-order valence-electron chi connectivity index (χ4n) is 10.9. The SMILES string of the molecule is C.Cc1cccc(C)c1.Cc1cccc(N(c2ccccc2)c2ccc(-c3ccc(Nc4ccccc4)cc3)cc2)c1.Cc1cccc2ccccc12.[2H]P[3H].c1ccc(Nc2ccc(-c3ccc(N(c4ccccc4)c4cccc5ccccc45)cc3)cc2)cc1. The third-order valence-corrected chi connectivity index (χ3v) is 15.3. The summed E-state index contributed by atoms with van der Waals surface area (Å²) in [6.45, 7) is 8.48. The summed E-state index contributed by atoms with van der Waals surface area (Å²) in [7, 11) is -0.417. The number of rotatable bonds is 12. The van der Waals surface area contributed by atoms with E-state index >= 15 is 0 Å². The van der Waals surface area contributed by atoms with Gasteiger partial charge in [-0.3, -0.25) is 0 Å². The third kappa shape index (κ3) is 16.8. The van der Waals surface area contributed by atoms with Gasteiger partial charge in [0.15, 0.2) is 0 Å². The maximum atomic E-state index is 5.90. The van der Waals surface area contributed by atoms with E-state index in [2.05, 4.69) is 364 Å². The smallest absolute Gasteiger partial charge is 0.0540 e. The van der Waals surface area contributed by atoms with E-state index in [-0.39, 0.29) is 7.43 Å². The van der Waals surface area contributed by atoms with E-state index < -0.39 is 9.79 Å². The molecule has 14 aromatic rings. The quantitative estimate of drug-likeness (QED) is 0.119. The number of hydrogen-bond donors (Lipinski definition) is 2. The average molecular weight is 1190 g/mol. The van der Waals surface area contributed by atoms with Crippen LogP contribution in [0.3, 0.4) is 0 Å². The Morgan fingerprint density at radius 3 is 1.04 bits per heavy atom. The highest BCUT2D eigenvalue weighted by Crippen LogP contribution is 2.40. The van der Waals surface area contributed by atoms with Crippen molar-refractivity contribution in [3.63, 3.8) is 0 Å². The molecule has 1 unspecified atom stereocenters. The molecule has 0 fully saturated rings. The maximum absolute atomic E-state index is 5.90. The molecule has 0 radical (unpaired) electrons. The number of fused-ring (bicyclic) bond motifs is 2. The van der Waals surface area contributed by atoms with Gasteiger partial charge in [0.25, 0.3) is 0 Å². The Labute approximate surface area is 539 Å². The fraction of sp³-hybridized carbons (Fsp3) is 0.0588. The summed E-state index contributed by atoms with van der Waals surface area (Å²) in [4.78, 5) is 4.63. The van der Waals surface area contributed by atoms with Crippen molar-refractivity contribution in [3.8, 4) is 22.3 Å². The molecule has 0 bridgehead atoms. The largest absolute Gasteiger partial charge is 0.356 e. The minimum absolute atomic E-state index is 0. The summed E-state index contributed by atoms with van der Waals surface area (Å²) in [5.41, 5.74) is 21.3. The van der Waals surface area contributed by atoms with Gasteiger partial charge in [-0.15, -0.1) is 0 Å². The lowest BCUT2D eigenvalue weighted by Crippen LogP contribution is -2.10. The summed E-state index contributed by atoms with van der Waals surface area (Å²) in [6, 6.07) is 123. The predicted octanol–water partition coefficient (Wildman–Crippen LogP) is 24.7. The Morgan fingerprint density at radius 2 is 0.600 bits per heavy atom. The van der Waals surface area contributed by atoms with Crippen LogP contribution in [0.1, 0.15) is 29.7 Å². The number of anilines is 10. The van der Waals surface area contributed by atoms with Crippen LogP contribution >= 0.6 is 9.79 Å². The van der Waals surface area contributed by atoms with Crippen molar-refractivity contribution >= 4 is 88.2 Å². The monoisotopic (exact) mass is 1190 g/mol. The van der Waals surface area contributed by atoms with Crippen LogP contribution in [0.4, 0.5) is 56.9 Å². The van der Waals surface area contributed by atoms with Crippen LogP contribution in [0.2, 0.25) is 0 Å². The molecule has 0 aromatic heterocycles. The molecule has 0 aliphatic heterocycles. The zero-order valence-electron chi connectivity index (χ0n) is 52.9. The summed E-state index contributed by atoms with van der Waals surface area (Å²) < 4.78 is 11.8. The fourth-order valence-corrected chi connectivity index (χ4v) is 10.9. The van der Waals surface area contributed by atoms with Crippen LogP contribution in [0, 0.1) is 27.7 Å². The van der Waals surface area contributed by atoms with Crippen LogP contribution in [-0.2, 0) is 0 Å². The number of para-hydroxylation sites is 4. The highest BCUT2D eigenvalue weighted by molar-refractivity contribution is 6.92. The Hall–Kier alpha value is -10.8. The van der Waals surface area contributed by atoms with E-state index in [1.54, 1.807) is 0 Å². The van der Waals surface area contributed by atoms with E-state index in [9.17, 15) is 0 Å². The average Bonchev–Trinajstić information content (AvgIpc) is 0.903. The highest BCUT2D eigenvalue weighted by atomic mass is 31.0. The van der Waals surface area contributed by atoms with Crippen LogP contribution in [-0.4, -0.2) is 2.56 Å². The molecular formula is C85H79N4P. The Bertz CT molecular complexity index is 4450. The predicted molar refractivity (Wildman–Crippen MR) is 397 cm³/mol. The first-order valence-corrected chi connectivity index (χ1v) is 30.1. The van der Waals surface area contributed by atoms with Crippen LogP contribution in [0.5, 0.6) is 0 Å². The van der Waals surface area contributed by atoms with Gasteiger partial charge in [0.05, 0.1) is 8.24 Å². The standard InChI is InChI=1S/C34H26N2.C31H26N2.C11H10.C8H10.CH4.H3P/c1-3-12-29(13-4-1)35-30-22-18-26(19-23-30)27-20-24-32(25-21-27)36(31-14-5-2-6-15-31)34-17-9-11-28-10-7-8-16-33(28)34;1-24-9-8-14-31(23-24)33(29-12-6-3-7-13-29)30-21-17-26(18-22-30)25-15-19-28(20-16-25)32-27-10-4-2-5-11-27;1-9-5-4-7-10-6-2-3-8-11(9)10;1-7-4-3-5-8(2)6-7;;/h1-25,35H;2-23,32H,1H3;2-8H,1H3;3-6H,1-2H3;1H4;1H3/i;;;;;1TD. The number of nitrogens with one attached hydrogen (secondary N) is 2. The molecule has 1 atom stereocenters. The minimum atomic E-state index is -0.417. The van der Waals surface area contributed by atoms with Crippen molar-refractivity contribution in [3.05, 3.63) is 374 Å². The van der Waals surface area contributed by atoms with E-state index in [0.717, 1.165) is 51.2 Å². The second kappa shape index (κ2) is 31.7. The van der Waals surface area contributed by atoms with Gasteiger partial charge in [0.1, 0.15) is 0 Å². The van der Waals surface area contributed by atoms with Crippen molar-refractivity contribution in [1.82, 2.24) is 0 Å². The molecule has 444 valence electrons. The van der Waals surface area contributed by atoms with Gasteiger partial charge in [-0.2, -0.15) is 9.79 Å². The first kappa shape index (κ1) is 60.9. The van der Waals surface area contributed by atoms with E-state index in [1.807, 2.05) is 36.4 Å². The Balaban J connectivity index is 0.000000163.